The zero-order chi connectivity index (χ0) is 10.6. The van der Waals surface area contributed by atoms with Gasteiger partial charge in [-0.3, -0.25) is 10.1 Å². The lowest BCUT2D eigenvalue weighted by Gasteiger charge is -2.13. The SMILES string of the molecule is CC(C)CCC[C@H]1CCC[C@@H]1[N+](=O)[O-]. The third-order valence-corrected chi connectivity index (χ3v) is 3.25. The Kier molecular flexibility index (Phi) is 4.36. The normalized spacial score (nSPS) is 27.1. The number of nitrogens with zero attached hydrogens (tertiary/aromatic N) is 1. The summed E-state index contributed by atoms with van der Waals surface area (Å²) in [5.41, 5.74) is 0. The molecule has 1 fully saturated rings. The summed E-state index contributed by atoms with van der Waals surface area (Å²) in [5.74, 6) is 1.09. The third kappa shape index (κ3) is 3.28. The van der Waals surface area contributed by atoms with Gasteiger partial charge in [0, 0.05) is 17.3 Å². The van der Waals surface area contributed by atoms with E-state index in [1.165, 1.54) is 6.42 Å². The Morgan fingerprint density at radius 2 is 2.14 bits per heavy atom. The highest BCUT2D eigenvalue weighted by Gasteiger charge is 2.35. The Balaban J connectivity index is 2.26. The molecular weight excluding hydrogens is 178 g/mol. The molecule has 0 spiro atoms. The van der Waals surface area contributed by atoms with Crippen LogP contribution in [0.5, 0.6) is 0 Å². The molecule has 0 bridgehead atoms. The Hall–Kier alpha value is -0.600. The first-order valence-corrected chi connectivity index (χ1v) is 5.74. The van der Waals surface area contributed by atoms with Crippen LogP contribution in [0.2, 0.25) is 0 Å². The molecule has 1 aliphatic rings. The van der Waals surface area contributed by atoms with Crippen LogP contribution >= 0.6 is 0 Å². The quantitative estimate of drug-likeness (QED) is 0.504. The van der Waals surface area contributed by atoms with Crippen molar-refractivity contribution in [3.8, 4) is 0 Å². The Labute approximate surface area is 86.0 Å². The third-order valence-electron chi connectivity index (χ3n) is 3.25. The predicted octanol–water partition coefficient (Wildman–Crippen LogP) is 3.26. The van der Waals surface area contributed by atoms with E-state index in [1.54, 1.807) is 0 Å². The Morgan fingerprint density at radius 1 is 1.43 bits per heavy atom. The summed E-state index contributed by atoms with van der Waals surface area (Å²) in [6.45, 7) is 4.42. The monoisotopic (exact) mass is 199 g/mol. The van der Waals surface area contributed by atoms with Crippen LogP contribution in [0.3, 0.4) is 0 Å². The van der Waals surface area contributed by atoms with Gasteiger partial charge >= 0.3 is 0 Å². The van der Waals surface area contributed by atoms with Crippen molar-refractivity contribution in [2.75, 3.05) is 0 Å². The van der Waals surface area contributed by atoms with Gasteiger partial charge in [0.1, 0.15) is 0 Å². The van der Waals surface area contributed by atoms with Crippen molar-refractivity contribution >= 4 is 0 Å². The largest absolute Gasteiger partial charge is 0.264 e. The van der Waals surface area contributed by atoms with Gasteiger partial charge in [0.05, 0.1) is 0 Å². The zero-order valence-electron chi connectivity index (χ0n) is 9.24. The maximum absolute atomic E-state index is 10.7. The summed E-state index contributed by atoms with van der Waals surface area (Å²) in [6.07, 6.45) is 6.36. The van der Waals surface area contributed by atoms with E-state index in [9.17, 15) is 10.1 Å². The molecule has 0 radical (unpaired) electrons. The molecule has 82 valence electrons. The van der Waals surface area contributed by atoms with Crippen LogP contribution < -0.4 is 0 Å². The van der Waals surface area contributed by atoms with Gasteiger partial charge < -0.3 is 0 Å². The number of nitro groups is 1. The summed E-state index contributed by atoms with van der Waals surface area (Å²) >= 11 is 0. The highest BCUT2D eigenvalue weighted by molar-refractivity contribution is 4.77. The maximum atomic E-state index is 10.7. The average molecular weight is 199 g/mol. The molecule has 2 atom stereocenters. The van der Waals surface area contributed by atoms with Gasteiger partial charge in [-0.1, -0.05) is 26.7 Å². The standard InChI is InChI=1S/C11H21NO2/c1-9(2)5-3-6-10-7-4-8-11(10)12(13)14/h9-11H,3-8H2,1-2H3/t10-,11-/m0/s1. The van der Waals surface area contributed by atoms with E-state index >= 15 is 0 Å². The molecule has 0 aromatic carbocycles. The number of hydrogen-bond donors (Lipinski definition) is 0. The van der Waals surface area contributed by atoms with Crippen molar-refractivity contribution in [3.63, 3.8) is 0 Å². The minimum absolute atomic E-state index is 0.0625. The van der Waals surface area contributed by atoms with Crippen LogP contribution in [0.4, 0.5) is 0 Å². The van der Waals surface area contributed by atoms with Crippen molar-refractivity contribution in [1.29, 1.82) is 0 Å². The summed E-state index contributed by atoms with van der Waals surface area (Å²) in [4.78, 5) is 10.7. The summed E-state index contributed by atoms with van der Waals surface area (Å²) in [5, 5.41) is 10.7. The van der Waals surface area contributed by atoms with Gasteiger partial charge in [-0.15, -0.1) is 0 Å². The highest BCUT2D eigenvalue weighted by atomic mass is 16.6. The van der Waals surface area contributed by atoms with Crippen LogP contribution in [-0.2, 0) is 0 Å². The van der Waals surface area contributed by atoms with E-state index in [4.69, 9.17) is 0 Å². The van der Waals surface area contributed by atoms with E-state index < -0.39 is 0 Å². The fourth-order valence-electron chi connectivity index (χ4n) is 2.42. The Morgan fingerprint density at radius 3 is 2.71 bits per heavy atom. The molecule has 0 aromatic heterocycles. The molecule has 1 saturated carbocycles. The molecule has 0 amide bonds. The van der Waals surface area contributed by atoms with Gasteiger partial charge in [-0.05, 0) is 25.2 Å². The summed E-state index contributed by atoms with van der Waals surface area (Å²) < 4.78 is 0. The lowest BCUT2D eigenvalue weighted by molar-refractivity contribution is -0.528. The van der Waals surface area contributed by atoms with E-state index in [1.807, 2.05) is 0 Å². The van der Waals surface area contributed by atoms with Gasteiger partial charge in [-0.25, -0.2) is 0 Å². The molecular formula is C11H21NO2. The molecule has 0 N–H and O–H groups in total. The van der Waals surface area contributed by atoms with Crippen LogP contribution in [0, 0.1) is 22.0 Å². The van der Waals surface area contributed by atoms with Crippen LogP contribution in [0.15, 0.2) is 0 Å². The average Bonchev–Trinajstić information content (AvgIpc) is 2.51. The van der Waals surface area contributed by atoms with E-state index in [2.05, 4.69) is 13.8 Å². The Bertz CT molecular complexity index is 192. The minimum Gasteiger partial charge on any atom is -0.264 e. The molecule has 0 unspecified atom stereocenters. The molecule has 1 rings (SSSR count). The molecule has 1 aliphatic carbocycles. The summed E-state index contributed by atoms with van der Waals surface area (Å²) in [6, 6.07) is -0.234. The molecule has 0 heterocycles. The number of hydrogen-bond acceptors (Lipinski definition) is 2. The van der Waals surface area contributed by atoms with Crippen molar-refractivity contribution in [1.82, 2.24) is 0 Å². The van der Waals surface area contributed by atoms with Crippen LogP contribution in [0.1, 0.15) is 52.4 Å². The van der Waals surface area contributed by atoms with Gasteiger partial charge in [-0.2, -0.15) is 0 Å². The molecule has 0 aromatic rings. The smallest absolute Gasteiger partial charge is 0.215 e. The predicted molar refractivity (Wildman–Crippen MR) is 56.8 cm³/mol. The molecule has 14 heavy (non-hydrogen) atoms. The lowest BCUT2D eigenvalue weighted by atomic mass is 9.95. The molecule has 0 aliphatic heterocycles. The lowest BCUT2D eigenvalue weighted by Crippen LogP contribution is -2.23. The second kappa shape index (κ2) is 5.32. The molecule has 0 saturated heterocycles. The van der Waals surface area contributed by atoms with Crippen LogP contribution in [-0.4, -0.2) is 11.0 Å². The molecule has 3 nitrogen and oxygen atoms in total. The first-order valence-electron chi connectivity index (χ1n) is 5.74. The number of rotatable bonds is 5. The second-order valence-corrected chi connectivity index (χ2v) is 4.87. The van der Waals surface area contributed by atoms with E-state index in [0.29, 0.717) is 5.92 Å². The van der Waals surface area contributed by atoms with Crippen molar-refractivity contribution < 1.29 is 4.92 Å². The fourth-order valence-corrected chi connectivity index (χ4v) is 2.42. The first kappa shape index (κ1) is 11.5. The van der Waals surface area contributed by atoms with Crippen molar-refractivity contribution in [2.45, 2.75) is 58.4 Å². The highest BCUT2D eigenvalue weighted by Crippen LogP contribution is 2.31. The second-order valence-electron chi connectivity index (χ2n) is 4.87. The maximum Gasteiger partial charge on any atom is 0.215 e. The minimum atomic E-state index is -0.234. The van der Waals surface area contributed by atoms with Crippen molar-refractivity contribution in [2.24, 2.45) is 11.8 Å². The fraction of sp³-hybridized carbons (Fsp3) is 1.00. The van der Waals surface area contributed by atoms with Crippen LogP contribution in [0.25, 0.3) is 0 Å². The van der Waals surface area contributed by atoms with Crippen molar-refractivity contribution in [3.05, 3.63) is 10.1 Å². The molecule has 3 heteroatoms. The van der Waals surface area contributed by atoms with Gasteiger partial charge in [0.25, 0.3) is 0 Å². The summed E-state index contributed by atoms with van der Waals surface area (Å²) in [7, 11) is 0. The van der Waals surface area contributed by atoms with Gasteiger partial charge in [0.15, 0.2) is 0 Å². The first-order chi connectivity index (χ1) is 6.61. The zero-order valence-corrected chi connectivity index (χ0v) is 9.24. The van der Waals surface area contributed by atoms with E-state index in [-0.39, 0.29) is 11.0 Å². The topological polar surface area (TPSA) is 43.1 Å². The van der Waals surface area contributed by atoms with E-state index in [0.717, 1.165) is 38.0 Å². The van der Waals surface area contributed by atoms with Gasteiger partial charge in [0.2, 0.25) is 6.04 Å².